The van der Waals surface area contributed by atoms with Gasteiger partial charge in [0.25, 0.3) is 0 Å². The van der Waals surface area contributed by atoms with E-state index in [1.165, 1.54) is 15.8 Å². The molecular formula is C34H45N3O4S. The number of piperazine rings is 1. The van der Waals surface area contributed by atoms with Crippen LogP contribution in [0.4, 0.5) is 11.4 Å². The van der Waals surface area contributed by atoms with Crippen LogP contribution in [0.15, 0.2) is 47.8 Å². The number of rotatable bonds is 13. The molecule has 0 atom stereocenters. The summed E-state index contributed by atoms with van der Waals surface area (Å²) in [5.74, 6) is 0.467. The number of fused-ring (bicyclic) bond motifs is 2. The highest BCUT2D eigenvalue weighted by Gasteiger charge is 2.31. The Morgan fingerprint density at radius 1 is 0.976 bits per heavy atom. The van der Waals surface area contributed by atoms with Gasteiger partial charge in [0.05, 0.1) is 17.7 Å². The topological polar surface area (TPSA) is 62.3 Å². The molecule has 0 radical (unpaired) electrons. The van der Waals surface area contributed by atoms with E-state index >= 15 is 0 Å². The summed E-state index contributed by atoms with van der Waals surface area (Å²) in [7, 11) is 0. The number of hydrogen-bond donors (Lipinski definition) is 0. The molecular weight excluding hydrogens is 546 g/mol. The lowest BCUT2D eigenvalue weighted by Gasteiger charge is -2.36. The molecule has 5 rings (SSSR count). The number of aryl methyl sites for hydroxylation is 1. The maximum Gasteiger partial charge on any atom is 0.313 e. The van der Waals surface area contributed by atoms with Gasteiger partial charge in [-0.15, -0.1) is 11.3 Å². The minimum atomic E-state index is -0.561. The highest BCUT2D eigenvalue weighted by Crippen LogP contribution is 2.33. The van der Waals surface area contributed by atoms with Crippen LogP contribution < -0.4 is 14.5 Å². The molecule has 8 heteroatoms. The Labute approximate surface area is 254 Å². The van der Waals surface area contributed by atoms with E-state index < -0.39 is 5.41 Å². The zero-order chi connectivity index (χ0) is 29.5. The van der Waals surface area contributed by atoms with Gasteiger partial charge in [-0.2, -0.15) is 0 Å². The van der Waals surface area contributed by atoms with Crippen LogP contribution in [0.2, 0.25) is 0 Å². The number of nitrogens with zero attached hydrogens (tertiary/aromatic N) is 3. The van der Waals surface area contributed by atoms with Crippen LogP contribution in [-0.2, 0) is 20.7 Å². The Morgan fingerprint density at radius 3 is 2.62 bits per heavy atom. The third-order valence-corrected chi connectivity index (χ3v) is 9.49. The second-order valence-corrected chi connectivity index (χ2v) is 13.1. The van der Waals surface area contributed by atoms with E-state index in [9.17, 15) is 9.59 Å². The molecule has 0 aliphatic carbocycles. The lowest BCUT2D eigenvalue weighted by Crippen LogP contribution is -2.46. The van der Waals surface area contributed by atoms with E-state index in [-0.39, 0.29) is 18.6 Å². The Morgan fingerprint density at radius 2 is 1.81 bits per heavy atom. The van der Waals surface area contributed by atoms with Gasteiger partial charge in [-0.25, -0.2) is 0 Å². The largest absolute Gasteiger partial charge is 0.494 e. The van der Waals surface area contributed by atoms with E-state index in [2.05, 4.69) is 46.4 Å². The van der Waals surface area contributed by atoms with Crippen LogP contribution in [0.3, 0.4) is 0 Å². The lowest BCUT2D eigenvalue weighted by atomic mass is 9.87. The summed E-state index contributed by atoms with van der Waals surface area (Å²) >= 11 is 1.81. The van der Waals surface area contributed by atoms with Crippen LogP contribution in [-0.4, -0.2) is 62.8 Å². The van der Waals surface area contributed by atoms with E-state index in [0.29, 0.717) is 19.4 Å². The zero-order valence-corrected chi connectivity index (χ0v) is 26.2. The first kappa shape index (κ1) is 30.4. The number of ether oxygens (including phenoxy) is 2. The Kier molecular flexibility index (Phi) is 10.1. The predicted molar refractivity (Wildman–Crippen MR) is 172 cm³/mol. The monoisotopic (exact) mass is 591 g/mol. The van der Waals surface area contributed by atoms with Crippen molar-refractivity contribution in [2.24, 2.45) is 5.41 Å². The van der Waals surface area contributed by atoms with Crippen LogP contribution >= 0.6 is 11.3 Å². The summed E-state index contributed by atoms with van der Waals surface area (Å²) in [4.78, 5) is 32.2. The fourth-order valence-corrected chi connectivity index (χ4v) is 6.69. The lowest BCUT2D eigenvalue weighted by molar-refractivity contribution is -0.154. The molecule has 0 unspecified atom stereocenters. The summed E-state index contributed by atoms with van der Waals surface area (Å²) in [5, 5.41) is 3.55. The summed E-state index contributed by atoms with van der Waals surface area (Å²) < 4.78 is 13.1. The minimum absolute atomic E-state index is 0.0223. The van der Waals surface area contributed by atoms with Crippen LogP contribution in [0.1, 0.15) is 64.9 Å². The number of carbonyl (C=O) groups is 2. The van der Waals surface area contributed by atoms with Crippen molar-refractivity contribution >= 4 is 44.7 Å². The molecule has 1 fully saturated rings. The molecule has 3 heterocycles. The fraction of sp³-hybridized carbons (Fsp3) is 0.529. The van der Waals surface area contributed by atoms with Gasteiger partial charge in [-0.3, -0.25) is 19.4 Å². The van der Waals surface area contributed by atoms with Crippen molar-refractivity contribution < 1.29 is 19.1 Å². The van der Waals surface area contributed by atoms with Crippen molar-refractivity contribution in [3.05, 3.63) is 53.4 Å². The van der Waals surface area contributed by atoms with Gasteiger partial charge < -0.3 is 14.4 Å². The van der Waals surface area contributed by atoms with E-state index in [4.69, 9.17) is 9.47 Å². The SMILES string of the molecule is CCCCC(C)(C)C(=O)OCN1C(=O)CCc2ccc(OCCCCN3CCN(c4cccc5sccc45)CC3)cc21. The maximum absolute atomic E-state index is 12.8. The first-order chi connectivity index (χ1) is 20.4. The number of hydrogen-bond acceptors (Lipinski definition) is 7. The molecule has 2 aliphatic rings. The summed E-state index contributed by atoms with van der Waals surface area (Å²) in [5.41, 5.74) is 2.67. The first-order valence-corrected chi connectivity index (χ1v) is 16.4. The fourth-order valence-electron chi connectivity index (χ4n) is 5.88. The van der Waals surface area contributed by atoms with Gasteiger partial charge >= 0.3 is 5.97 Å². The van der Waals surface area contributed by atoms with E-state index in [1.54, 1.807) is 4.90 Å². The number of amides is 1. The van der Waals surface area contributed by atoms with E-state index in [0.717, 1.165) is 81.8 Å². The molecule has 2 aliphatic heterocycles. The summed E-state index contributed by atoms with van der Waals surface area (Å²) in [6.07, 6.45) is 5.93. The molecule has 1 aromatic heterocycles. The molecule has 7 nitrogen and oxygen atoms in total. The highest BCUT2D eigenvalue weighted by molar-refractivity contribution is 7.17. The quantitative estimate of drug-likeness (QED) is 0.160. The number of unbranched alkanes of at least 4 members (excludes halogenated alkanes) is 2. The highest BCUT2D eigenvalue weighted by atomic mass is 32.1. The van der Waals surface area contributed by atoms with Crippen molar-refractivity contribution in [1.29, 1.82) is 0 Å². The molecule has 226 valence electrons. The number of benzene rings is 2. The predicted octanol–water partition coefficient (Wildman–Crippen LogP) is 6.88. The first-order valence-electron chi connectivity index (χ1n) is 15.5. The van der Waals surface area contributed by atoms with Crippen molar-refractivity contribution in [1.82, 2.24) is 4.90 Å². The second kappa shape index (κ2) is 13.9. The van der Waals surface area contributed by atoms with Crippen molar-refractivity contribution in [3.8, 4) is 5.75 Å². The molecule has 0 saturated carbocycles. The summed E-state index contributed by atoms with van der Waals surface area (Å²) in [6, 6.07) is 14.8. The Bertz CT molecular complexity index is 1360. The normalized spacial score (nSPS) is 16.1. The number of carbonyl (C=O) groups excluding carboxylic acids is 2. The van der Waals surface area contributed by atoms with Gasteiger partial charge in [0.15, 0.2) is 6.73 Å². The van der Waals surface area contributed by atoms with Crippen LogP contribution in [0.5, 0.6) is 5.75 Å². The number of esters is 1. The van der Waals surface area contributed by atoms with Gasteiger partial charge in [-0.05, 0) is 81.3 Å². The molecule has 0 spiro atoms. The average molecular weight is 592 g/mol. The Balaban J connectivity index is 1.06. The standard InChI is InChI=1S/C34H45N3O4S/c1-4-5-16-34(2,3)33(39)41-25-37-30-24-27(13-11-26(30)12-14-32(37)38)40-22-7-6-17-35-18-20-36(21-19-35)29-9-8-10-31-28(29)15-23-42-31/h8-11,13,15,23-24H,4-7,12,14,16-22,25H2,1-3H3. The van der Waals surface area contributed by atoms with Crippen molar-refractivity contribution in [2.75, 3.05) is 55.9 Å². The van der Waals surface area contributed by atoms with Gasteiger partial charge in [0, 0.05) is 54.4 Å². The van der Waals surface area contributed by atoms with Gasteiger partial charge in [0.2, 0.25) is 5.91 Å². The third kappa shape index (κ3) is 7.27. The van der Waals surface area contributed by atoms with Crippen LogP contribution in [0.25, 0.3) is 10.1 Å². The number of anilines is 2. The van der Waals surface area contributed by atoms with E-state index in [1.807, 2.05) is 43.4 Å². The van der Waals surface area contributed by atoms with Crippen LogP contribution in [0, 0.1) is 5.41 Å². The third-order valence-electron chi connectivity index (χ3n) is 8.61. The number of thiophene rings is 1. The summed E-state index contributed by atoms with van der Waals surface area (Å²) in [6.45, 7) is 11.9. The smallest absolute Gasteiger partial charge is 0.313 e. The average Bonchev–Trinajstić information content (AvgIpc) is 3.49. The molecule has 42 heavy (non-hydrogen) atoms. The molecule has 0 bridgehead atoms. The van der Waals surface area contributed by atoms with Crippen molar-refractivity contribution in [2.45, 2.75) is 65.7 Å². The molecule has 0 N–H and O–H groups in total. The second-order valence-electron chi connectivity index (χ2n) is 12.2. The molecule has 3 aromatic rings. The van der Waals surface area contributed by atoms with Crippen molar-refractivity contribution in [3.63, 3.8) is 0 Å². The molecule has 2 aromatic carbocycles. The van der Waals surface area contributed by atoms with Gasteiger partial charge in [-0.1, -0.05) is 31.9 Å². The molecule has 1 saturated heterocycles. The molecule has 1 amide bonds. The zero-order valence-electron chi connectivity index (χ0n) is 25.4. The minimum Gasteiger partial charge on any atom is -0.494 e. The Hall–Kier alpha value is -3.10. The maximum atomic E-state index is 12.8. The van der Waals surface area contributed by atoms with Gasteiger partial charge in [0.1, 0.15) is 5.75 Å².